The molecular formula is C23H21ClN2O5. The standard InChI is InChI=1S/C23H21ClN2O5/c1-29-20-11-19(21(30-2)10-16(20)24)26-22(27)12-31-23(28)15-9-18(13-7-8-13)25-17-6-4-3-5-14(15)17/h3-6,9-11,13H,7-8,12H2,1-2H3,(H,26,27). The van der Waals surface area contributed by atoms with E-state index in [0.717, 1.165) is 24.1 Å². The number of aromatic nitrogens is 1. The number of esters is 1. The fourth-order valence-corrected chi connectivity index (χ4v) is 3.54. The van der Waals surface area contributed by atoms with Crippen LogP contribution in [0.3, 0.4) is 0 Å². The molecule has 2 aromatic carbocycles. The van der Waals surface area contributed by atoms with Gasteiger partial charge in [-0.05, 0) is 25.0 Å². The van der Waals surface area contributed by atoms with E-state index < -0.39 is 18.5 Å². The van der Waals surface area contributed by atoms with Crippen molar-refractivity contribution in [3.8, 4) is 11.5 Å². The van der Waals surface area contributed by atoms with Gasteiger partial charge in [0.15, 0.2) is 6.61 Å². The van der Waals surface area contributed by atoms with Crippen LogP contribution >= 0.6 is 11.6 Å². The first-order valence-corrected chi connectivity index (χ1v) is 10.2. The second kappa shape index (κ2) is 8.81. The number of benzene rings is 2. The zero-order chi connectivity index (χ0) is 22.0. The fraction of sp³-hybridized carbons (Fsp3) is 0.261. The van der Waals surface area contributed by atoms with E-state index in [0.29, 0.717) is 39.1 Å². The minimum Gasteiger partial charge on any atom is -0.495 e. The molecule has 0 bridgehead atoms. The third-order valence-electron chi connectivity index (χ3n) is 5.03. The number of hydrogen-bond donors (Lipinski definition) is 1. The van der Waals surface area contributed by atoms with E-state index in [1.165, 1.54) is 20.3 Å². The number of amides is 1. The lowest BCUT2D eigenvalue weighted by atomic mass is 10.1. The van der Waals surface area contributed by atoms with Crippen molar-refractivity contribution in [1.82, 2.24) is 4.98 Å². The molecule has 0 radical (unpaired) electrons. The van der Waals surface area contributed by atoms with Gasteiger partial charge in [0.1, 0.15) is 11.5 Å². The first kappa shape index (κ1) is 20.9. The molecule has 1 saturated carbocycles. The highest BCUT2D eigenvalue weighted by Crippen LogP contribution is 2.40. The number of ether oxygens (including phenoxy) is 3. The van der Waals surface area contributed by atoms with Crippen LogP contribution in [-0.4, -0.2) is 37.7 Å². The number of nitrogens with zero attached hydrogens (tertiary/aromatic N) is 1. The van der Waals surface area contributed by atoms with Crippen LogP contribution in [0, 0.1) is 0 Å². The molecule has 0 aliphatic heterocycles. The highest BCUT2D eigenvalue weighted by atomic mass is 35.5. The van der Waals surface area contributed by atoms with Crippen LogP contribution in [0.5, 0.6) is 11.5 Å². The Kier molecular flexibility index (Phi) is 5.95. The maximum atomic E-state index is 12.8. The lowest BCUT2D eigenvalue weighted by molar-refractivity contribution is -0.119. The van der Waals surface area contributed by atoms with Crippen LogP contribution in [-0.2, 0) is 9.53 Å². The highest BCUT2D eigenvalue weighted by molar-refractivity contribution is 6.32. The Morgan fingerprint density at radius 3 is 2.55 bits per heavy atom. The molecule has 31 heavy (non-hydrogen) atoms. The van der Waals surface area contributed by atoms with Crippen LogP contribution in [0.4, 0.5) is 5.69 Å². The fourth-order valence-electron chi connectivity index (χ4n) is 3.31. The Hall–Kier alpha value is -3.32. The summed E-state index contributed by atoms with van der Waals surface area (Å²) in [4.78, 5) is 29.9. The van der Waals surface area contributed by atoms with E-state index in [1.54, 1.807) is 12.1 Å². The molecular weight excluding hydrogens is 420 g/mol. The summed E-state index contributed by atoms with van der Waals surface area (Å²) in [5.41, 5.74) is 2.38. The van der Waals surface area contributed by atoms with Crippen LogP contribution in [0.1, 0.15) is 34.8 Å². The third-order valence-corrected chi connectivity index (χ3v) is 5.33. The largest absolute Gasteiger partial charge is 0.495 e. The van der Waals surface area contributed by atoms with E-state index in [-0.39, 0.29) is 0 Å². The molecule has 0 saturated heterocycles. The molecule has 3 aromatic rings. The molecule has 1 aromatic heterocycles. The minimum absolute atomic E-state index is 0.347. The van der Waals surface area contributed by atoms with Gasteiger partial charge in [-0.15, -0.1) is 0 Å². The van der Waals surface area contributed by atoms with Crippen molar-refractivity contribution in [2.45, 2.75) is 18.8 Å². The zero-order valence-corrected chi connectivity index (χ0v) is 17.9. The highest BCUT2D eigenvalue weighted by Gasteiger charge is 2.27. The van der Waals surface area contributed by atoms with Gasteiger partial charge in [0.2, 0.25) is 0 Å². The summed E-state index contributed by atoms with van der Waals surface area (Å²) in [6.07, 6.45) is 2.13. The summed E-state index contributed by atoms with van der Waals surface area (Å²) in [5, 5.41) is 3.70. The number of hydrogen-bond acceptors (Lipinski definition) is 6. The molecule has 0 atom stereocenters. The van der Waals surface area contributed by atoms with Crippen molar-refractivity contribution in [3.63, 3.8) is 0 Å². The van der Waals surface area contributed by atoms with Crippen molar-refractivity contribution in [2.75, 3.05) is 26.1 Å². The molecule has 1 aliphatic carbocycles. The molecule has 160 valence electrons. The summed E-state index contributed by atoms with van der Waals surface area (Å²) >= 11 is 6.08. The summed E-state index contributed by atoms with van der Waals surface area (Å²) in [5.74, 6) is 0.0326. The Morgan fingerprint density at radius 1 is 1.10 bits per heavy atom. The zero-order valence-electron chi connectivity index (χ0n) is 17.1. The molecule has 8 heteroatoms. The van der Waals surface area contributed by atoms with Crippen molar-refractivity contribution < 1.29 is 23.8 Å². The van der Waals surface area contributed by atoms with Gasteiger partial charge in [-0.2, -0.15) is 0 Å². The number of pyridine rings is 1. The Morgan fingerprint density at radius 2 is 1.84 bits per heavy atom. The van der Waals surface area contributed by atoms with Gasteiger partial charge in [0.25, 0.3) is 5.91 Å². The molecule has 0 unspecified atom stereocenters. The number of carbonyl (C=O) groups is 2. The SMILES string of the molecule is COc1cc(NC(=O)COC(=O)c2cc(C3CC3)nc3ccccc23)c(OC)cc1Cl. The number of fused-ring (bicyclic) bond motifs is 1. The number of halogens is 1. The average molecular weight is 441 g/mol. The topological polar surface area (TPSA) is 86.8 Å². The molecule has 1 heterocycles. The van der Waals surface area contributed by atoms with Gasteiger partial charge < -0.3 is 19.5 Å². The Bertz CT molecular complexity index is 1160. The predicted molar refractivity (Wildman–Crippen MR) is 117 cm³/mol. The summed E-state index contributed by atoms with van der Waals surface area (Å²) in [6.45, 7) is -0.456. The van der Waals surface area contributed by atoms with Crippen molar-refractivity contribution >= 4 is 40.1 Å². The maximum absolute atomic E-state index is 12.8. The maximum Gasteiger partial charge on any atom is 0.339 e. The van der Waals surface area contributed by atoms with Gasteiger partial charge >= 0.3 is 5.97 Å². The average Bonchev–Trinajstić information content (AvgIpc) is 3.63. The van der Waals surface area contributed by atoms with Crippen LogP contribution in [0.2, 0.25) is 5.02 Å². The van der Waals surface area contributed by atoms with Gasteiger partial charge in [-0.3, -0.25) is 9.78 Å². The molecule has 1 N–H and O–H groups in total. The van der Waals surface area contributed by atoms with E-state index >= 15 is 0 Å². The van der Waals surface area contributed by atoms with E-state index in [2.05, 4.69) is 10.3 Å². The second-order valence-corrected chi connectivity index (χ2v) is 7.60. The van der Waals surface area contributed by atoms with Gasteiger partial charge in [0.05, 0.1) is 36.0 Å². The molecule has 0 spiro atoms. The van der Waals surface area contributed by atoms with E-state index in [1.807, 2.05) is 24.3 Å². The van der Waals surface area contributed by atoms with Gasteiger partial charge in [0, 0.05) is 29.1 Å². The third kappa shape index (κ3) is 4.56. The van der Waals surface area contributed by atoms with Crippen molar-refractivity contribution in [2.24, 2.45) is 0 Å². The molecule has 1 fully saturated rings. The number of carbonyl (C=O) groups excluding carboxylic acids is 2. The normalized spacial score (nSPS) is 13.0. The van der Waals surface area contributed by atoms with Crippen molar-refractivity contribution in [3.05, 3.63) is 58.7 Å². The monoisotopic (exact) mass is 440 g/mol. The Labute approximate surface area is 184 Å². The van der Waals surface area contributed by atoms with Gasteiger partial charge in [-0.1, -0.05) is 29.8 Å². The van der Waals surface area contributed by atoms with E-state index in [4.69, 9.17) is 25.8 Å². The quantitative estimate of drug-likeness (QED) is 0.541. The number of methoxy groups -OCH3 is 2. The number of anilines is 1. The lowest BCUT2D eigenvalue weighted by Crippen LogP contribution is -2.21. The first-order chi connectivity index (χ1) is 15.0. The van der Waals surface area contributed by atoms with Gasteiger partial charge in [-0.25, -0.2) is 4.79 Å². The summed E-state index contributed by atoms with van der Waals surface area (Å²) < 4.78 is 15.7. The molecule has 1 aliphatic rings. The Balaban J connectivity index is 1.49. The molecule has 7 nitrogen and oxygen atoms in total. The summed E-state index contributed by atoms with van der Waals surface area (Å²) in [7, 11) is 2.93. The first-order valence-electron chi connectivity index (χ1n) is 9.78. The lowest BCUT2D eigenvalue weighted by Gasteiger charge is -2.13. The number of nitrogens with one attached hydrogen (secondary N) is 1. The second-order valence-electron chi connectivity index (χ2n) is 7.20. The van der Waals surface area contributed by atoms with E-state index in [9.17, 15) is 9.59 Å². The number of para-hydroxylation sites is 1. The van der Waals surface area contributed by atoms with Crippen LogP contribution in [0.25, 0.3) is 10.9 Å². The molecule has 4 rings (SSSR count). The van der Waals surface area contributed by atoms with Crippen LogP contribution in [0.15, 0.2) is 42.5 Å². The minimum atomic E-state index is -0.573. The van der Waals surface area contributed by atoms with Crippen molar-refractivity contribution in [1.29, 1.82) is 0 Å². The summed E-state index contributed by atoms with van der Waals surface area (Å²) in [6, 6.07) is 12.2. The number of rotatable bonds is 7. The van der Waals surface area contributed by atoms with Crippen LogP contribution < -0.4 is 14.8 Å². The smallest absolute Gasteiger partial charge is 0.339 e. The predicted octanol–water partition coefficient (Wildman–Crippen LogP) is 4.58. The molecule has 1 amide bonds.